The van der Waals surface area contributed by atoms with Crippen LogP contribution in [0.3, 0.4) is 0 Å². The highest BCUT2D eigenvalue weighted by atomic mass is 127. The van der Waals surface area contributed by atoms with Crippen LogP contribution in [0.1, 0.15) is 17.4 Å². The molecular weight excluding hydrogens is 469 g/mol. The van der Waals surface area contributed by atoms with E-state index < -0.39 is 0 Å². The van der Waals surface area contributed by atoms with Gasteiger partial charge in [0.25, 0.3) is 0 Å². The highest BCUT2D eigenvalue weighted by Gasteiger charge is 2.08. The lowest BCUT2D eigenvalue weighted by molar-refractivity contribution is 0.562. The van der Waals surface area contributed by atoms with Crippen molar-refractivity contribution in [3.63, 3.8) is 0 Å². The van der Waals surface area contributed by atoms with E-state index in [-0.39, 0.29) is 24.0 Å². The number of hydrogen-bond acceptors (Lipinski definition) is 3. The maximum Gasteiger partial charge on any atom is 0.191 e. The molecule has 7 heteroatoms. The summed E-state index contributed by atoms with van der Waals surface area (Å²) in [5.41, 5.74) is 2.32. The first-order valence-electron chi connectivity index (χ1n) is 8.79. The molecule has 1 aromatic carbocycles. The highest BCUT2D eigenvalue weighted by molar-refractivity contribution is 14.0. The van der Waals surface area contributed by atoms with Gasteiger partial charge in [0.1, 0.15) is 0 Å². The molecule has 0 amide bonds. The van der Waals surface area contributed by atoms with Crippen molar-refractivity contribution in [2.45, 2.75) is 19.9 Å². The predicted octanol–water partition coefficient (Wildman–Crippen LogP) is 4.10. The number of halogens is 1. The first kappa shape index (κ1) is 21.4. The smallest absolute Gasteiger partial charge is 0.191 e. The quantitative estimate of drug-likeness (QED) is 0.295. The molecule has 0 bridgehead atoms. The van der Waals surface area contributed by atoms with Gasteiger partial charge in [0.15, 0.2) is 5.96 Å². The largest absolute Gasteiger partial charge is 0.356 e. The van der Waals surface area contributed by atoms with Crippen molar-refractivity contribution in [3.05, 3.63) is 70.9 Å². The van der Waals surface area contributed by atoms with E-state index in [9.17, 15) is 0 Å². The molecule has 0 saturated carbocycles. The van der Waals surface area contributed by atoms with Crippen LogP contribution in [0.15, 0.2) is 65.5 Å². The molecule has 0 spiro atoms. The number of rotatable bonds is 7. The number of nitrogens with zero attached hydrogens (tertiary/aromatic N) is 3. The average molecular weight is 495 g/mol. The number of aliphatic imine (C=N–C) groups is 1. The summed E-state index contributed by atoms with van der Waals surface area (Å²) in [7, 11) is 1.81. The Labute approximate surface area is 182 Å². The van der Waals surface area contributed by atoms with E-state index in [1.807, 2.05) is 34.5 Å². The van der Waals surface area contributed by atoms with Crippen molar-refractivity contribution < 1.29 is 0 Å². The molecule has 144 valence electrons. The second-order valence-electron chi connectivity index (χ2n) is 6.29. The van der Waals surface area contributed by atoms with Gasteiger partial charge < -0.3 is 15.2 Å². The van der Waals surface area contributed by atoms with E-state index >= 15 is 0 Å². The number of nitrogens with one attached hydrogen (secondary N) is 2. The summed E-state index contributed by atoms with van der Waals surface area (Å²) in [4.78, 5) is 9.91. The fraction of sp³-hybridized carbons (Fsp3) is 0.300. The highest BCUT2D eigenvalue weighted by Crippen LogP contribution is 2.15. The Kier molecular flexibility index (Phi) is 8.80. The first-order chi connectivity index (χ1) is 12.8. The van der Waals surface area contributed by atoms with E-state index in [1.54, 1.807) is 13.2 Å². The van der Waals surface area contributed by atoms with Crippen molar-refractivity contribution in [2.75, 3.05) is 13.6 Å². The monoisotopic (exact) mass is 495 g/mol. The van der Waals surface area contributed by atoms with Gasteiger partial charge in [-0.05, 0) is 35.4 Å². The molecule has 0 saturated heterocycles. The first-order valence-corrected chi connectivity index (χ1v) is 9.67. The fourth-order valence-electron chi connectivity index (χ4n) is 2.83. The molecule has 2 N–H and O–H groups in total. The van der Waals surface area contributed by atoms with Crippen LogP contribution in [0.5, 0.6) is 0 Å². The van der Waals surface area contributed by atoms with Gasteiger partial charge >= 0.3 is 0 Å². The summed E-state index contributed by atoms with van der Waals surface area (Å²) in [5.74, 6) is 1.37. The third-order valence-corrected chi connectivity index (χ3v) is 5.09. The Balaban J connectivity index is 0.00000261. The lowest BCUT2D eigenvalue weighted by Gasteiger charge is -2.17. The molecule has 2 heterocycles. The van der Waals surface area contributed by atoms with Crippen LogP contribution in [0.25, 0.3) is 5.69 Å². The van der Waals surface area contributed by atoms with Crippen LogP contribution in [-0.4, -0.2) is 29.1 Å². The Bertz CT molecular complexity index is 815. The third kappa shape index (κ3) is 6.35. The van der Waals surface area contributed by atoms with Crippen molar-refractivity contribution in [2.24, 2.45) is 10.9 Å². The minimum atomic E-state index is 0. The van der Waals surface area contributed by atoms with Crippen molar-refractivity contribution in [3.8, 4) is 5.69 Å². The average Bonchev–Trinajstić information content (AvgIpc) is 3.36. The van der Waals surface area contributed by atoms with E-state index in [0.29, 0.717) is 12.5 Å². The number of guanidine groups is 1. The maximum atomic E-state index is 4.34. The molecule has 1 unspecified atom stereocenters. The molecule has 0 radical (unpaired) electrons. The van der Waals surface area contributed by atoms with E-state index in [1.165, 1.54) is 10.4 Å². The number of imidazole rings is 1. The van der Waals surface area contributed by atoms with Gasteiger partial charge in [0.2, 0.25) is 0 Å². The fourth-order valence-corrected chi connectivity index (χ4v) is 3.70. The Morgan fingerprint density at radius 1 is 1.22 bits per heavy atom. The van der Waals surface area contributed by atoms with Crippen molar-refractivity contribution >= 4 is 41.3 Å². The minimum Gasteiger partial charge on any atom is -0.356 e. The van der Waals surface area contributed by atoms with Gasteiger partial charge in [-0.1, -0.05) is 31.2 Å². The van der Waals surface area contributed by atoms with E-state index in [4.69, 9.17) is 0 Å². The van der Waals surface area contributed by atoms with Crippen LogP contribution >= 0.6 is 35.3 Å². The Morgan fingerprint density at radius 3 is 2.78 bits per heavy atom. The Hall–Kier alpha value is -1.87. The molecule has 3 aromatic rings. The molecule has 0 aliphatic rings. The molecule has 27 heavy (non-hydrogen) atoms. The van der Waals surface area contributed by atoms with E-state index in [2.05, 4.69) is 63.2 Å². The normalized spacial score (nSPS) is 12.3. The molecule has 1 atom stereocenters. The standard InChI is InChI=1S/C20H25N5S.HI/c1-16(12-18-7-5-11-26-18)13-23-20(21-2)24-14-17-6-3-4-8-19(17)25-10-9-22-15-25;/h3-11,15-16H,12-14H2,1-2H3,(H2,21,23,24);1H. The van der Waals surface area contributed by atoms with Crippen molar-refractivity contribution in [1.29, 1.82) is 0 Å². The van der Waals surface area contributed by atoms with Crippen LogP contribution in [0, 0.1) is 5.92 Å². The topological polar surface area (TPSA) is 54.2 Å². The molecular formula is C20H26IN5S. The van der Waals surface area contributed by atoms with Gasteiger partial charge in [-0.2, -0.15) is 0 Å². The number of hydrogen-bond donors (Lipinski definition) is 2. The second kappa shape index (κ2) is 11.1. The molecule has 5 nitrogen and oxygen atoms in total. The van der Waals surface area contributed by atoms with Gasteiger partial charge in [-0.15, -0.1) is 35.3 Å². The van der Waals surface area contributed by atoms with Crippen molar-refractivity contribution in [1.82, 2.24) is 20.2 Å². The molecule has 0 fully saturated rings. The summed E-state index contributed by atoms with van der Waals surface area (Å²) in [5, 5.41) is 8.97. The minimum absolute atomic E-state index is 0. The van der Waals surface area contributed by atoms with Crippen LogP contribution < -0.4 is 10.6 Å². The molecule has 0 aliphatic carbocycles. The summed E-state index contributed by atoms with van der Waals surface area (Å²) in [6.07, 6.45) is 6.65. The zero-order chi connectivity index (χ0) is 18.2. The summed E-state index contributed by atoms with van der Waals surface area (Å²) < 4.78 is 2.02. The van der Waals surface area contributed by atoms with Crippen LogP contribution in [-0.2, 0) is 13.0 Å². The number of aromatic nitrogens is 2. The van der Waals surface area contributed by atoms with Gasteiger partial charge in [0, 0.05) is 37.4 Å². The number of para-hydroxylation sites is 1. The summed E-state index contributed by atoms with van der Waals surface area (Å²) in [6, 6.07) is 12.6. The summed E-state index contributed by atoms with van der Waals surface area (Å²) >= 11 is 1.82. The number of benzene rings is 1. The van der Waals surface area contributed by atoms with Gasteiger partial charge in [-0.3, -0.25) is 4.99 Å². The Morgan fingerprint density at radius 2 is 2.07 bits per heavy atom. The van der Waals surface area contributed by atoms with Gasteiger partial charge in [-0.25, -0.2) is 4.98 Å². The van der Waals surface area contributed by atoms with Gasteiger partial charge in [0.05, 0.1) is 12.0 Å². The van der Waals surface area contributed by atoms with Crippen LogP contribution in [0.4, 0.5) is 0 Å². The van der Waals surface area contributed by atoms with Crippen LogP contribution in [0.2, 0.25) is 0 Å². The SMILES string of the molecule is CN=C(NCc1ccccc1-n1ccnc1)NCC(C)Cc1cccs1.I. The second-order valence-corrected chi connectivity index (χ2v) is 7.33. The zero-order valence-electron chi connectivity index (χ0n) is 15.6. The third-order valence-electron chi connectivity index (χ3n) is 4.19. The lowest BCUT2D eigenvalue weighted by atomic mass is 10.1. The lowest BCUT2D eigenvalue weighted by Crippen LogP contribution is -2.39. The molecule has 0 aliphatic heterocycles. The number of thiophene rings is 1. The predicted molar refractivity (Wildman–Crippen MR) is 124 cm³/mol. The molecule has 2 aromatic heterocycles. The molecule has 3 rings (SSSR count). The summed E-state index contributed by atoms with van der Waals surface area (Å²) in [6.45, 7) is 3.85. The van der Waals surface area contributed by atoms with E-state index in [0.717, 1.165) is 24.6 Å². The zero-order valence-corrected chi connectivity index (χ0v) is 18.8. The maximum absolute atomic E-state index is 4.34.